The normalized spacial score (nSPS) is 13.9. The van der Waals surface area contributed by atoms with E-state index >= 15 is 0 Å². The van der Waals surface area contributed by atoms with Crippen LogP contribution in [0, 0.1) is 0 Å². The summed E-state index contributed by atoms with van der Waals surface area (Å²) in [5, 5.41) is 3.32. The molecule has 1 aliphatic rings. The lowest BCUT2D eigenvalue weighted by Gasteiger charge is -2.20. The number of rotatable bonds is 3. The van der Waals surface area contributed by atoms with Gasteiger partial charge in [0.1, 0.15) is 0 Å². The second kappa shape index (κ2) is 5.29. The standard InChI is InChI=1S/C14H20N2O2/c1-9(2)18-14(17)7-11-6-10-4-3-5-16-13(10)8-12(11)15/h6,8-9,16H,3-5,7,15H2,1-2H3. The van der Waals surface area contributed by atoms with Crippen LogP contribution in [-0.2, 0) is 22.4 Å². The van der Waals surface area contributed by atoms with Crippen molar-refractivity contribution in [2.45, 2.75) is 39.2 Å². The molecule has 0 aliphatic carbocycles. The minimum absolute atomic E-state index is 0.0852. The van der Waals surface area contributed by atoms with Crippen molar-refractivity contribution in [3.05, 3.63) is 23.3 Å². The van der Waals surface area contributed by atoms with Crippen LogP contribution in [0.1, 0.15) is 31.4 Å². The number of benzene rings is 1. The number of nitrogens with two attached hydrogens (primary N) is 1. The summed E-state index contributed by atoms with van der Waals surface area (Å²) in [6.45, 7) is 4.68. The number of carbonyl (C=O) groups is 1. The Morgan fingerprint density at radius 2 is 2.28 bits per heavy atom. The number of aryl methyl sites for hydroxylation is 1. The highest BCUT2D eigenvalue weighted by molar-refractivity contribution is 5.77. The van der Waals surface area contributed by atoms with Crippen molar-refractivity contribution < 1.29 is 9.53 Å². The van der Waals surface area contributed by atoms with E-state index in [1.165, 1.54) is 5.56 Å². The second-order valence-corrected chi connectivity index (χ2v) is 4.95. The fourth-order valence-electron chi connectivity index (χ4n) is 2.20. The third kappa shape index (κ3) is 2.94. The topological polar surface area (TPSA) is 64.3 Å². The Morgan fingerprint density at radius 1 is 1.50 bits per heavy atom. The van der Waals surface area contributed by atoms with E-state index in [1.807, 2.05) is 26.0 Å². The summed E-state index contributed by atoms with van der Waals surface area (Å²) >= 11 is 0. The summed E-state index contributed by atoms with van der Waals surface area (Å²) in [5.41, 5.74) is 9.83. The number of nitrogen functional groups attached to an aromatic ring is 1. The summed E-state index contributed by atoms with van der Waals surface area (Å²) in [7, 11) is 0. The number of hydrogen-bond acceptors (Lipinski definition) is 4. The lowest BCUT2D eigenvalue weighted by atomic mass is 9.98. The summed E-state index contributed by atoms with van der Waals surface area (Å²) in [6, 6.07) is 3.95. The lowest BCUT2D eigenvalue weighted by molar-refractivity contribution is -0.146. The summed E-state index contributed by atoms with van der Waals surface area (Å²) in [6.07, 6.45) is 2.32. The molecule has 1 aromatic rings. The molecule has 1 heterocycles. The van der Waals surface area contributed by atoms with Gasteiger partial charge in [-0.1, -0.05) is 6.07 Å². The Bertz CT molecular complexity index is 455. The van der Waals surface area contributed by atoms with Crippen LogP contribution in [0.3, 0.4) is 0 Å². The molecule has 0 bridgehead atoms. The molecule has 0 aromatic heterocycles. The first-order valence-corrected chi connectivity index (χ1v) is 6.41. The molecule has 0 atom stereocenters. The largest absolute Gasteiger partial charge is 0.463 e. The molecule has 4 nitrogen and oxygen atoms in total. The molecule has 1 aromatic carbocycles. The van der Waals surface area contributed by atoms with Gasteiger partial charge in [-0.25, -0.2) is 0 Å². The van der Waals surface area contributed by atoms with Gasteiger partial charge in [0, 0.05) is 17.9 Å². The zero-order chi connectivity index (χ0) is 13.1. The quantitative estimate of drug-likeness (QED) is 0.635. The maximum atomic E-state index is 11.6. The molecular weight excluding hydrogens is 228 g/mol. The average Bonchev–Trinajstić information content (AvgIpc) is 2.29. The van der Waals surface area contributed by atoms with Crippen LogP contribution in [0.2, 0.25) is 0 Å². The SMILES string of the molecule is CC(C)OC(=O)Cc1cc2c(cc1N)NCCC2. The Hall–Kier alpha value is -1.71. The molecule has 1 aliphatic heterocycles. The number of hydrogen-bond donors (Lipinski definition) is 2. The molecule has 0 radical (unpaired) electrons. The molecule has 4 heteroatoms. The fourth-order valence-corrected chi connectivity index (χ4v) is 2.20. The summed E-state index contributed by atoms with van der Waals surface area (Å²) in [4.78, 5) is 11.6. The third-order valence-electron chi connectivity index (χ3n) is 3.01. The fraction of sp³-hybridized carbons (Fsp3) is 0.500. The van der Waals surface area contributed by atoms with Crippen LogP contribution in [0.5, 0.6) is 0 Å². The molecule has 0 fully saturated rings. The van der Waals surface area contributed by atoms with Crippen molar-refractivity contribution in [3.8, 4) is 0 Å². The minimum atomic E-state index is -0.222. The highest BCUT2D eigenvalue weighted by Crippen LogP contribution is 2.27. The second-order valence-electron chi connectivity index (χ2n) is 4.95. The number of carbonyl (C=O) groups excluding carboxylic acids is 1. The Balaban J connectivity index is 2.15. The van der Waals surface area contributed by atoms with Gasteiger partial charge in [0.25, 0.3) is 0 Å². The molecule has 3 N–H and O–H groups in total. The predicted octanol–water partition coefficient (Wildman–Crippen LogP) is 2.12. The van der Waals surface area contributed by atoms with Crippen LogP contribution >= 0.6 is 0 Å². The Morgan fingerprint density at radius 3 is 3.00 bits per heavy atom. The van der Waals surface area contributed by atoms with Gasteiger partial charge in [0.15, 0.2) is 0 Å². The summed E-state index contributed by atoms with van der Waals surface area (Å²) in [5.74, 6) is -0.222. The first-order chi connectivity index (χ1) is 8.56. The van der Waals surface area contributed by atoms with E-state index in [9.17, 15) is 4.79 Å². The van der Waals surface area contributed by atoms with Gasteiger partial charge in [-0.15, -0.1) is 0 Å². The zero-order valence-electron chi connectivity index (χ0n) is 11.0. The van der Waals surface area contributed by atoms with Gasteiger partial charge in [-0.3, -0.25) is 4.79 Å². The predicted molar refractivity (Wildman–Crippen MR) is 72.6 cm³/mol. The van der Waals surface area contributed by atoms with Gasteiger partial charge in [0.2, 0.25) is 0 Å². The van der Waals surface area contributed by atoms with Gasteiger partial charge in [-0.05, 0) is 43.9 Å². The molecule has 2 rings (SSSR count). The van der Waals surface area contributed by atoms with Crippen LogP contribution in [0.25, 0.3) is 0 Å². The van der Waals surface area contributed by atoms with Crippen molar-refractivity contribution in [2.75, 3.05) is 17.6 Å². The highest BCUT2D eigenvalue weighted by atomic mass is 16.5. The van der Waals surface area contributed by atoms with E-state index in [0.717, 1.165) is 30.6 Å². The maximum absolute atomic E-state index is 11.6. The van der Waals surface area contributed by atoms with E-state index < -0.39 is 0 Å². The van der Waals surface area contributed by atoms with Gasteiger partial charge < -0.3 is 15.8 Å². The molecule has 98 valence electrons. The van der Waals surface area contributed by atoms with E-state index in [2.05, 4.69) is 5.32 Å². The monoisotopic (exact) mass is 248 g/mol. The zero-order valence-corrected chi connectivity index (χ0v) is 11.0. The lowest BCUT2D eigenvalue weighted by Crippen LogP contribution is -2.16. The molecular formula is C14H20N2O2. The molecule has 0 saturated carbocycles. The minimum Gasteiger partial charge on any atom is -0.463 e. The van der Waals surface area contributed by atoms with Crippen molar-refractivity contribution in [1.82, 2.24) is 0 Å². The van der Waals surface area contributed by atoms with Crippen molar-refractivity contribution >= 4 is 17.3 Å². The Labute approximate surface area is 108 Å². The van der Waals surface area contributed by atoms with Crippen molar-refractivity contribution in [2.24, 2.45) is 0 Å². The molecule has 0 unspecified atom stereocenters. The van der Waals surface area contributed by atoms with E-state index in [1.54, 1.807) is 0 Å². The van der Waals surface area contributed by atoms with E-state index in [4.69, 9.17) is 10.5 Å². The maximum Gasteiger partial charge on any atom is 0.310 e. The number of nitrogens with one attached hydrogen (secondary N) is 1. The van der Waals surface area contributed by atoms with Crippen LogP contribution < -0.4 is 11.1 Å². The first-order valence-electron chi connectivity index (χ1n) is 6.41. The molecule has 0 spiro atoms. The van der Waals surface area contributed by atoms with Gasteiger partial charge >= 0.3 is 5.97 Å². The van der Waals surface area contributed by atoms with Crippen LogP contribution in [0.15, 0.2) is 12.1 Å². The number of anilines is 2. The van der Waals surface area contributed by atoms with Crippen molar-refractivity contribution in [1.29, 1.82) is 0 Å². The smallest absolute Gasteiger partial charge is 0.310 e. The van der Waals surface area contributed by atoms with E-state index in [-0.39, 0.29) is 18.5 Å². The van der Waals surface area contributed by atoms with Crippen LogP contribution in [-0.4, -0.2) is 18.6 Å². The van der Waals surface area contributed by atoms with Gasteiger partial charge in [-0.2, -0.15) is 0 Å². The molecule has 0 amide bonds. The number of ether oxygens (including phenoxy) is 1. The summed E-state index contributed by atoms with van der Waals surface area (Å²) < 4.78 is 5.14. The van der Waals surface area contributed by atoms with Crippen LogP contribution in [0.4, 0.5) is 11.4 Å². The molecule has 18 heavy (non-hydrogen) atoms. The highest BCUT2D eigenvalue weighted by Gasteiger charge is 2.14. The average molecular weight is 248 g/mol. The molecule has 0 saturated heterocycles. The number of esters is 1. The van der Waals surface area contributed by atoms with Gasteiger partial charge in [0.05, 0.1) is 12.5 Å². The van der Waals surface area contributed by atoms with Crippen molar-refractivity contribution in [3.63, 3.8) is 0 Å². The number of fused-ring (bicyclic) bond motifs is 1. The Kier molecular flexibility index (Phi) is 3.75. The first kappa shape index (κ1) is 12.7. The third-order valence-corrected chi connectivity index (χ3v) is 3.01. The van der Waals surface area contributed by atoms with E-state index in [0.29, 0.717) is 5.69 Å².